The highest BCUT2D eigenvalue weighted by Gasteiger charge is 2.06. The van der Waals surface area contributed by atoms with Crippen LogP contribution < -0.4 is 5.73 Å². The second-order valence-electron chi connectivity index (χ2n) is 2.65. The van der Waals surface area contributed by atoms with Crippen molar-refractivity contribution in [2.24, 2.45) is 5.73 Å². The van der Waals surface area contributed by atoms with E-state index in [-0.39, 0.29) is 5.56 Å². The predicted octanol–water partition coefficient (Wildman–Crippen LogP) is 2.66. The van der Waals surface area contributed by atoms with E-state index in [1.54, 1.807) is 12.3 Å². The molecular weight excluding hydrogens is 204 g/mol. The number of nitrogens with two attached hydrogens (primary N) is 1. The molecule has 14 heavy (non-hydrogen) atoms. The SMILES string of the molecule is CSc1cc(F)c(/C=C/CN)cc1F. The Morgan fingerprint density at radius 3 is 2.64 bits per heavy atom. The van der Waals surface area contributed by atoms with Gasteiger partial charge >= 0.3 is 0 Å². The summed E-state index contributed by atoms with van der Waals surface area (Å²) in [6.45, 7) is 0.311. The van der Waals surface area contributed by atoms with Crippen molar-refractivity contribution < 1.29 is 8.78 Å². The van der Waals surface area contributed by atoms with Crippen molar-refractivity contribution >= 4 is 17.8 Å². The second kappa shape index (κ2) is 5.12. The van der Waals surface area contributed by atoms with E-state index in [0.29, 0.717) is 11.4 Å². The molecule has 0 bridgehead atoms. The van der Waals surface area contributed by atoms with Crippen LogP contribution in [0.15, 0.2) is 23.1 Å². The maximum Gasteiger partial charge on any atom is 0.137 e. The molecule has 0 saturated carbocycles. The molecule has 4 heteroatoms. The first-order valence-electron chi connectivity index (χ1n) is 4.08. The Labute approximate surface area is 86.0 Å². The largest absolute Gasteiger partial charge is 0.327 e. The third kappa shape index (κ3) is 2.56. The molecule has 0 saturated heterocycles. The van der Waals surface area contributed by atoms with E-state index in [4.69, 9.17) is 5.73 Å². The summed E-state index contributed by atoms with van der Waals surface area (Å²) in [6, 6.07) is 2.36. The van der Waals surface area contributed by atoms with Gasteiger partial charge in [0.25, 0.3) is 0 Å². The lowest BCUT2D eigenvalue weighted by Crippen LogP contribution is -1.93. The highest BCUT2D eigenvalue weighted by molar-refractivity contribution is 7.98. The van der Waals surface area contributed by atoms with Gasteiger partial charge in [-0.15, -0.1) is 11.8 Å². The highest BCUT2D eigenvalue weighted by atomic mass is 32.2. The second-order valence-corrected chi connectivity index (χ2v) is 3.49. The number of rotatable bonds is 3. The lowest BCUT2D eigenvalue weighted by atomic mass is 10.2. The molecule has 0 atom stereocenters. The van der Waals surface area contributed by atoms with Gasteiger partial charge in [0.1, 0.15) is 11.6 Å². The zero-order chi connectivity index (χ0) is 10.6. The van der Waals surface area contributed by atoms with Crippen molar-refractivity contribution in [2.45, 2.75) is 4.90 Å². The van der Waals surface area contributed by atoms with Crippen LogP contribution in [0.5, 0.6) is 0 Å². The number of hydrogen-bond acceptors (Lipinski definition) is 2. The standard InChI is InChI=1S/C10H11F2NS/c1-14-10-6-8(11)7(3-2-4-13)5-9(10)12/h2-3,5-6H,4,13H2,1H3/b3-2+. The molecule has 2 N–H and O–H groups in total. The zero-order valence-electron chi connectivity index (χ0n) is 7.76. The Morgan fingerprint density at radius 2 is 2.07 bits per heavy atom. The lowest BCUT2D eigenvalue weighted by Gasteiger charge is -2.02. The Morgan fingerprint density at radius 1 is 1.36 bits per heavy atom. The number of halogens is 2. The zero-order valence-corrected chi connectivity index (χ0v) is 8.57. The van der Waals surface area contributed by atoms with Crippen LogP contribution in [0.3, 0.4) is 0 Å². The van der Waals surface area contributed by atoms with Gasteiger partial charge in [-0.05, 0) is 18.4 Å². The summed E-state index contributed by atoms with van der Waals surface area (Å²) in [5.74, 6) is -0.837. The molecule has 0 aromatic heterocycles. The molecule has 0 spiro atoms. The summed E-state index contributed by atoms with van der Waals surface area (Å²) in [6.07, 6.45) is 4.76. The van der Waals surface area contributed by atoms with Crippen molar-refractivity contribution in [3.05, 3.63) is 35.4 Å². The molecule has 0 fully saturated rings. The van der Waals surface area contributed by atoms with Crippen molar-refractivity contribution in [2.75, 3.05) is 12.8 Å². The minimum absolute atomic E-state index is 0.228. The van der Waals surface area contributed by atoms with E-state index in [0.717, 1.165) is 0 Å². The fourth-order valence-electron chi connectivity index (χ4n) is 1.02. The summed E-state index contributed by atoms with van der Waals surface area (Å²) < 4.78 is 26.5. The minimum atomic E-state index is -0.430. The summed E-state index contributed by atoms with van der Waals surface area (Å²) >= 11 is 1.18. The van der Waals surface area contributed by atoms with Crippen LogP contribution in [0.2, 0.25) is 0 Å². The van der Waals surface area contributed by atoms with Gasteiger partial charge in [-0.25, -0.2) is 8.78 Å². The molecule has 0 unspecified atom stereocenters. The first kappa shape index (κ1) is 11.2. The lowest BCUT2D eigenvalue weighted by molar-refractivity contribution is 0.575. The van der Waals surface area contributed by atoms with Gasteiger partial charge in [-0.2, -0.15) is 0 Å². The van der Waals surface area contributed by atoms with E-state index < -0.39 is 11.6 Å². The predicted molar refractivity (Wildman–Crippen MR) is 56.2 cm³/mol. The average Bonchev–Trinajstić information content (AvgIpc) is 2.18. The smallest absolute Gasteiger partial charge is 0.137 e. The molecule has 1 rings (SSSR count). The fourth-order valence-corrected chi connectivity index (χ4v) is 1.50. The van der Waals surface area contributed by atoms with E-state index in [2.05, 4.69) is 0 Å². The molecule has 0 aliphatic heterocycles. The third-order valence-electron chi connectivity index (χ3n) is 1.70. The molecule has 76 valence electrons. The van der Waals surface area contributed by atoms with Gasteiger partial charge < -0.3 is 5.73 Å². The summed E-state index contributed by atoms with van der Waals surface area (Å²) in [4.78, 5) is 0.312. The van der Waals surface area contributed by atoms with Gasteiger partial charge in [0.15, 0.2) is 0 Å². The van der Waals surface area contributed by atoms with Crippen molar-refractivity contribution in [3.8, 4) is 0 Å². The molecule has 0 radical (unpaired) electrons. The van der Waals surface area contributed by atoms with Crippen LogP contribution in [-0.2, 0) is 0 Å². The normalized spacial score (nSPS) is 11.1. The van der Waals surface area contributed by atoms with Gasteiger partial charge in [-0.3, -0.25) is 0 Å². The van der Waals surface area contributed by atoms with Crippen molar-refractivity contribution in [1.82, 2.24) is 0 Å². The van der Waals surface area contributed by atoms with Crippen molar-refractivity contribution in [3.63, 3.8) is 0 Å². The molecule has 0 aliphatic rings. The first-order chi connectivity index (χ1) is 6.69. The first-order valence-corrected chi connectivity index (χ1v) is 5.31. The Balaban J connectivity index is 3.08. The Bertz CT molecular complexity index is 350. The third-order valence-corrected chi connectivity index (χ3v) is 2.46. The van der Waals surface area contributed by atoms with Gasteiger partial charge in [0.2, 0.25) is 0 Å². The van der Waals surface area contributed by atoms with Crippen LogP contribution in [0, 0.1) is 11.6 Å². The van der Waals surface area contributed by atoms with E-state index >= 15 is 0 Å². The summed E-state index contributed by atoms with van der Waals surface area (Å²) in [5.41, 5.74) is 5.44. The molecule has 1 nitrogen and oxygen atoms in total. The highest BCUT2D eigenvalue weighted by Crippen LogP contribution is 2.23. The van der Waals surface area contributed by atoms with Gasteiger partial charge in [0, 0.05) is 17.0 Å². The quantitative estimate of drug-likeness (QED) is 0.784. The van der Waals surface area contributed by atoms with E-state index in [1.807, 2.05) is 0 Å². The number of thioether (sulfide) groups is 1. The van der Waals surface area contributed by atoms with Crippen LogP contribution in [0.4, 0.5) is 8.78 Å². The molecule has 0 aliphatic carbocycles. The van der Waals surface area contributed by atoms with E-state index in [9.17, 15) is 8.78 Å². The van der Waals surface area contributed by atoms with Crippen LogP contribution >= 0.6 is 11.8 Å². The molecule has 1 aromatic carbocycles. The minimum Gasteiger partial charge on any atom is -0.327 e. The maximum atomic E-state index is 13.3. The molecular formula is C10H11F2NS. The topological polar surface area (TPSA) is 26.0 Å². The molecule has 0 heterocycles. The van der Waals surface area contributed by atoms with Crippen LogP contribution in [0.1, 0.15) is 5.56 Å². The number of hydrogen-bond donors (Lipinski definition) is 1. The van der Waals surface area contributed by atoms with Crippen LogP contribution in [0.25, 0.3) is 6.08 Å². The van der Waals surface area contributed by atoms with Gasteiger partial charge in [-0.1, -0.05) is 12.2 Å². The number of benzene rings is 1. The summed E-state index contributed by atoms with van der Waals surface area (Å²) in [7, 11) is 0. The maximum absolute atomic E-state index is 13.3. The average molecular weight is 215 g/mol. The van der Waals surface area contributed by atoms with Crippen molar-refractivity contribution in [1.29, 1.82) is 0 Å². The monoisotopic (exact) mass is 215 g/mol. The molecule has 0 amide bonds. The fraction of sp³-hybridized carbons (Fsp3) is 0.200. The van der Waals surface area contributed by atoms with Crippen LogP contribution in [-0.4, -0.2) is 12.8 Å². The molecule has 1 aromatic rings. The van der Waals surface area contributed by atoms with Gasteiger partial charge in [0.05, 0.1) is 0 Å². The Kier molecular flexibility index (Phi) is 4.10. The van der Waals surface area contributed by atoms with E-state index in [1.165, 1.54) is 30.0 Å². The summed E-state index contributed by atoms with van der Waals surface area (Å²) in [5, 5.41) is 0. The Hall–Kier alpha value is -0.870.